The highest BCUT2D eigenvalue weighted by Crippen LogP contribution is 2.24. The molecular weight excluding hydrogens is 450 g/mol. The summed E-state index contributed by atoms with van der Waals surface area (Å²) in [5, 5.41) is 5.63. The summed E-state index contributed by atoms with van der Waals surface area (Å²) in [7, 11) is 0. The van der Waals surface area contributed by atoms with Crippen LogP contribution in [0.1, 0.15) is 21.3 Å². The number of benzene rings is 2. The number of carbonyl (C=O) groups is 3. The van der Waals surface area contributed by atoms with Gasteiger partial charge in [-0.15, -0.1) is 11.3 Å². The molecule has 2 N–H and O–H groups in total. The zero-order chi connectivity index (χ0) is 22.5. The Bertz CT molecular complexity index is 1120. The quantitative estimate of drug-likeness (QED) is 0.573. The monoisotopic (exact) mass is 469 g/mol. The van der Waals surface area contributed by atoms with Gasteiger partial charge in [-0.1, -0.05) is 41.9 Å². The molecule has 3 aromatic rings. The fraction of sp³-hybridized carbons (Fsp3) is 0.174. The zero-order valence-corrected chi connectivity index (χ0v) is 18.5. The molecular formula is C23H20ClN3O4S. The van der Waals surface area contributed by atoms with Gasteiger partial charge in [-0.3, -0.25) is 14.4 Å². The van der Waals surface area contributed by atoms with Gasteiger partial charge in [0.25, 0.3) is 17.7 Å². The van der Waals surface area contributed by atoms with E-state index in [1.54, 1.807) is 65.6 Å². The van der Waals surface area contributed by atoms with E-state index in [9.17, 15) is 14.4 Å². The second kappa shape index (κ2) is 9.95. The molecule has 1 atom stereocenters. The minimum absolute atomic E-state index is 0.0619. The molecule has 1 saturated heterocycles. The maximum absolute atomic E-state index is 13.1. The minimum Gasteiger partial charge on any atom is -0.370 e. The number of carbonyl (C=O) groups excluding carboxylic acids is 3. The number of nitrogens with zero attached hydrogens (tertiary/aromatic N) is 1. The predicted octanol–water partition coefficient (Wildman–Crippen LogP) is 3.87. The molecule has 0 radical (unpaired) electrons. The second-order valence-electron chi connectivity index (χ2n) is 7.06. The first kappa shape index (κ1) is 22.0. The van der Waals surface area contributed by atoms with E-state index < -0.39 is 6.04 Å². The largest absolute Gasteiger partial charge is 0.370 e. The van der Waals surface area contributed by atoms with Crippen molar-refractivity contribution in [3.63, 3.8) is 0 Å². The lowest BCUT2D eigenvalue weighted by Gasteiger charge is -2.27. The lowest BCUT2D eigenvalue weighted by Crippen LogP contribution is -2.41. The van der Waals surface area contributed by atoms with Crippen molar-refractivity contribution in [3.05, 3.63) is 81.5 Å². The van der Waals surface area contributed by atoms with Crippen molar-refractivity contribution in [3.8, 4) is 0 Å². The average Bonchev–Trinajstić information content (AvgIpc) is 3.25. The summed E-state index contributed by atoms with van der Waals surface area (Å²) in [4.78, 5) is 39.8. The van der Waals surface area contributed by atoms with Crippen LogP contribution in [0.2, 0.25) is 4.34 Å². The molecule has 1 fully saturated rings. The molecule has 1 aliphatic rings. The molecule has 7 nitrogen and oxygen atoms in total. The molecule has 164 valence electrons. The summed E-state index contributed by atoms with van der Waals surface area (Å²) in [6.07, 6.45) is 0. The van der Waals surface area contributed by atoms with Crippen molar-refractivity contribution in [2.24, 2.45) is 0 Å². The minimum atomic E-state index is -0.898. The van der Waals surface area contributed by atoms with Crippen LogP contribution in [0.15, 0.2) is 66.7 Å². The van der Waals surface area contributed by atoms with Gasteiger partial charge >= 0.3 is 0 Å². The van der Waals surface area contributed by atoms with Gasteiger partial charge in [-0.2, -0.15) is 0 Å². The summed E-state index contributed by atoms with van der Waals surface area (Å²) in [5.74, 6) is -0.872. The zero-order valence-electron chi connectivity index (χ0n) is 16.9. The first-order valence-corrected chi connectivity index (χ1v) is 11.1. The van der Waals surface area contributed by atoms with Crippen LogP contribution in [0, 0.1) is 0 Å². The Kier molecular flexibility index (Phi) is 6.84. The number of nitrogens with one attached hydrogen (secondary N) is 2. The number of hydrogen-bond acceptors (Lipinski definition) is 5. The van der Waals surface area contributed by atoms with Gasteiger partial charge in [0.1, 0.15) is 12.6 Å². The maximum Gasteiger partial charge on any atom is 0.262 e. The lowest BCUT2D eigenvalue weighted by molar-refractivity contribution is -0.125. The lowest BCUT2D eigenvalue weighted by atomic mass is 10.1. The van der Waals surface area contributed by atoms with E-state index in [0.717, 1.165) is 17.0 Å². The van der Waals surface area contributed by atoms with Crippen LogP contribution in [0.3, 0.4) is 0 Å². The Morgan fingerprint density at radius 2 is 1.78 bits per heavy atom. The summed E-state index contributed by atoms with van der Waals surface area (Å²) in [6.45, 7) is 1.03. The molecule has 0 spiro atoms. The number of rotatable bonds is 6. The summed E-state index contributed by atoms with van der Waals surface area (Å²) in [5.41, 5.74) is 1.93. The van der Waals surface area contributed by atoms with E-state index in [0.29, 0.717) is 33.6 Å². The fourth-order valence-corrected chi connectivity index (χ4v) is 4.26. The number of morpholine rings is 1. The third-order valence-electron chi connectivity index (χ3n) is 4.90. The van der Waals surface area contributed by atoms with Crippen LogP contribution in [0.25, 0.3) is 0 Å². The molecule has 9 heteroatoms. The standard InChI is InChI=1S/C23H20ClN3O4S/c24-19-11-10-18(32-19)22(29)26-21(15-4-2-1-3-5-15)23(30)25-16-6-8-17(9-7-16)27-12-13-31-14-20(27)28/h1-11,21H,12-14H2,(H,25,30)(H,26,29)/t21-/m1/s1. The number of amides is 3. The van der Waals surface area contributed by atoms with Gasteiger partial charge in [0.05, 0.1) is 15.8 Å². The summed E-state index contributed by atoms with van der Waals surface area (Å²) < 4.78 is 5.65. The third kappa shape index (κ3) is 5.16. The van der Waals surface area contributed by atoms with E-state index >= 15 is 0 Å². The van der Waals surface area contributed by atoms with E-state index in [1.165, 1.54) is 0 Å². The highest BCUT2D eigenvalue weighted by Gasteiger charge is 2.25. The van der Waals surface area contributed by atoms with Crippen molar-refractivity contribution in [2.75, 3.05) is 30.0 Å². The molecule has 2 aromatic carbocycles. The van der Waals surface area contributed by atoms with Crippen molar-refractivity contribution in [1.82, 2.24) is 5.32 Å². The van der Waals surface area contributed by atoms with Gasteiger partial charge in [-0.25, -0.2) is 0 Å². The number of halogens is 1. The van der Waals surface area contributed by atoms with Crippen LogP contribution in [-0.4, -0.2) is 37.5 Å². The molecule has 0 saturated carbocycles. The number of thiophene rings is 1. The molecule has 4 rings (SSSR count). The van der Waals surface area contributed by atoms with Gasteiger partial charge in [0, 0.05) is 17.9 Å². The van der Waals surface area contributed by atoms with Gasteiger partial charge < -0.3 is 20.3 Å². The average molecular weight is 470 g/mol. The molecule has 0 aliphatic carbocycles. The van der Waals surface area contributed by atoms with E-state index in [-0.39, 0.29) is 24.3 Å². The SMILES string of the molecule is O=C(N[C@@H](C(=O)Nc1ccc(N2CCOCC2=O)cc1)c1ccccc1)c1ccc(Cl)s1. The molecule has 2 heterocycles. The first-order valence-electron chi connectivity index (χ1n) is 9.91. The van der Waals surface area contributed by atoms with Crippen LogP contribution in [-0.2, 0) is 14.3 Å². The molecule has 0 unspecified atom stereocenters. The number of hydrogen-bond donors (Lipinski definition) is 2. The van der Waals surface area contributed by atoms with Crippen molar-refractivity contribution in [2.45, 2.75) is 6.04 Å². The van der Waals surface area contributed by atoms with Crippen molar-refractivity contribution in [1.29, 1.82) is 0 Å². The van der Waals surface area contributed by atoms with Crippen molar-refractivity contribution < 1.29 is 19.1 Å². The predicted molar refractivity (Wildman–Crippen MR) is 124 cm³/mol. The molecule has 1 aliphatic heterocycles. The Labute approximate surface area is 193 Å². The van der Waals surface area contributed by atoms with Gasteiger partial charge in [0.15, 0.2) is 0 Å². The highest BCUT2D eigenvalue weighted by atomic mass is 35.5. The summed E-state index contributed by atoms with van der Waals surface area (Å²) >= 11 is 7.08. The molecule has 1 aromatic heterocycles. The van der Waals surface area contributed by atoms with E-state index in [2.05, 4.69) is 10.6 Å². The third-order valence-corrected chi connectivity index (χ3v) is 6.13. The topological polar surface area (TPSA) is 87.7 Å². The normalized spacial score (nSPS) is 14.7. The van der Waals surface area contributed by atoms with Crippen LogP contribution in [0.4, 0.5) is 11.4 Å². The molecule has 0 bridgehead atoms. The first-order chi connectivity index (χ1) is 15.5. The second-order valence-corrected chi connectivity index (χ2v) is 8.77. The van der Waals surface area contributed by atoms with Crippen LogP contribution in [0.5, 0.6) is 0 Å². The molecule has 32 heavy (non-hydrogen) atoms. The van der Waals surface area contributed by atoms with E-state index in [4.69, 9.17) is 16.3 Å². The van der Waals surface area contributed by atoms with E-state index in [1.807, 2.05) is 6.07 Å². The Morgan fingerprint density at radius 1 is 1.03 bits per heavy atom. The highest BCUT2D eigenvalue weighted by molar-refractivity contribution is 7.18. The maximum atomic E-state index is 13.1. The Hall–Kier alpha value is -3.20. The Balaban J connectivity index is 1.49. The van der Waals surface area contributed by atoms with Gasteiger partial charge in [0.2, 0.25) is 0 Å². The Morgan fingerprint density at radius 3 is 2.44 bits per heavy atom. The smallest absolute Gasteiger partial charge is 0.262 e. The summed E-state index contributed by atoms with van der Waals surface area (Å²) in [6, 6.07) is 18.3. The molecule has 3 amide bonds. The fourth-order valence-electron chi connectivity index (χ4n) is 3.31. The van der Waals surface area contributed by atoms with Crippen LogP contribution >= 0.6 is 22.9 Å². The van der Waals surface area contributed by atoms with Crippen LogP contribution < -0.4 is 15.5 Å². The number of anilines is 2. The van der Waals surface area contributed by atoms with Gasteiger partial charge in [-0.05, 0) is 42.0 Å². The van der Waals surface area contributed by atoms with Crippen molar-refractivity contribution >= 4 is 52.0 Å². The number of ether oxygens (including phenoxy) is 1.